The second kappa shape index (κ2) is 4.96. The van der Waals surface area contributed by atoms with Gasteiger partial charge in [0.05, 0.1) is 5.56 Å². The lowest BCUT2D eigenvalue weighted by atomic mass is 9.97. The highest BCUT2D eigenvalue weighted by molar-refractivity contribution is 5.97. The molecule has 0 atom stereocenters. The van der Waals surface area contributed by atoms with Gasteiger partial charge in [-0.1, -0.05) is 12.8 Å². The molecule has 2 N–H and O–H groups in total. The van der Waals surface area contributed by atoms with Crippen molar-refractivity contribution in [1.82, 2.24) is 9.88 Å². The van der Waals surface area contributed by atoms with E-state index < -0.39 is 11.5 Å². The third-order valence-electron chi connectivity index (χ3n) is 3.95. The van der Waals surface area contributed by atoms with Crippen LogP contribution < -0.4 is 5.32 Å². The molecule has 5 nitrogen and oxygen atoms in total. The molecule has 1 aliphatic carbocycles. The predicted molar refractivity (Wildman–Crippen MR) is 75.7 cm³/mol. The van der Waals surface area contributed by atoms with Crippen molar-refractivity contribution in [3.05, 3.63) is 24.0 Å². The normalized spacial score (nSPS) is 17.9. The zero-order chi connectivity index (χ0) is 15.0. The quantitative estimate of drug-likeness (QED) is 0.891. The molecule has 1 aliphatic rings. The molecule has 0 spiro atoms. The lowest BCUT2D eigenvalue weighted by Gasteiger charge is -2.25. The molecule has 0 radical (unpaired) electrons. The summed E-state index contributed by atoms with van der Waals surface area (Å²) in [7, 11) is 0. The van der Waals surface area contributed by atoms with Crippen LogP contribution >= 0.6 is 0 Å². The zero-order valence-electron chi connectivity index (χ0n) is 12.3. The van der Waals surface area contributed by atoms with Crippen LogP contribution in [0.5, 0.6) is 0 Å². The molecule has 110 valence electrons. The zero-order valence-corrected chi connectivity index (χ0v) is 12.3. The van der Waals surface area contributed by atoms with E-state index >= 15 is 0 Å². The minimum absolute atomic E-state index is 0.101. The maximum Gasteiger partial charge on any atom is 0.329 e. The predicted octanol–water partition coefficient (Wildman–Crippen LogP) is 2.37. The van der Waals surface area contributed by atoms with Gasteiger partial charge < -0.3 is 15.0 Å². The van der Waals surface area contributed by atoms with Gasteiger partial charge in [-0.25, -0.2) is 4.79 Å². The van der Waals surface area contributed by atoms with Crippen LogP contribution in [0.15, 0.2) is 18.5 Å². The smallest absolute Gasteiger partial charge is 0.329 e. The number of amides is 1. The Hall–Kier alpha value is -1.78. The van der Waals surface area contributed by atoms with Gasteiger partial charge in [0.25, 0.3) is 5.91 Å². The van der Waals surface area contributed by atoms with Crippen LogP contribution in [0.4, 0.5) is 0 Å². The Balaban J connectivity index is 2.16. The van der Waals surface area contributed by atoms with Gasteiger partial charge in [-0.05, 0) is 39.7 Å². The summed E-state index contributed by atoms with van der Waals surface area (Å²) in [4.78, 5) is 23.7. The van der Waals surface area contributed by atoms with Crippen LogP contribution in [0.25, 0.3) is 0 Å². The number of aliphatic carboxylic acids is 1. The molecule has 20 heavy (non-hydrogen) atoms. The summed E-state index contributed by atoms with van der Waals surface area (Å²) in [6.07, 6.45) is 6.31. The number of aromatic nitrogens is 1. The first-order chi connectivity index (χ1) is 9.24. The summed E-state index contributed by atoms with van der Waals surface area (Å²) in [6.45, 7) is 6.14. The van der Waals surface area contributed by atoms with E-state index in [1.165, 1.54) is 0 Å². The van der Waals surface area contributed by atoms with Crippen molar-refractivity contribution < 1.29 is 14.7 Å². The van der Waals surface area contributed by atoms with Gasteiger partial charge in [0.1, 0.15) is 5.54 Å². The van der Waals surface area contributed by atoms with Gasteiger partial charge >= 0.3 is 5.97 Å². The largest absolute Gasteiger partial charge is 0.480 e. The molecular weight excluding hydrogens is 256 g/mol. The minimum atomic E-state index is -1.08. The van der Waals surface area contributed by atoms with Crippen LogP contribution in [-0.4, -0.2) is 27.1 Å². The fraction of sp³-hybridized carbons (Fsp3) is 0.600. The molecule has 1 heterocycles. The second-order valence-electron chi connectivity index (χ2n) is 6.53. The third-order valence-corrected chi connectivity index (χ3v) is 3.95. The molecule has 2 rings (SSSR count). The van der Waals surface area contributed by atoms with Crippen molar-refractivity contribution in [1.29, 1.82) is 0 Å². The molecule has 0 unspecified atom stereocenters. The lowest BCUT2D eigenvalue weighted by Crippen LogP contribution is -2.52. The summed E-state index contributed by atoms with van der Waals surface area (Å²) in [6, 6.07) is 1.73. The number of carbonyl (C=O) groups excluding carboxylic acids is 1. The fourth-order valence-corrected chi connectivity index (χ4v) is 2.61. The van der Waals surface area contributed by atoms with Crippen molar-refractivity contribution in [2.24, 2.45) is 0 Å². The number of hydrogen-bond donors (Lipinski definition) is 2. The van der Waals surface area contributed by atoms with Crippen LogP contribution in [0, 0.1) is 0 Å². The molecule has 1 fully saturated rings. The molecule has 0 aliphatic heterocycles. The Kier molecular flexibility index (Phi) is 3.63. The highest BCUT2D eigenvalue weighted by atomic mass is 16.4. The SMILES string of the molecule is CC(C)(C)n1ccc(C(=O)NC2(C(=O)O)CCCC2)c1. The van der Waals surface area contributed by atoms with Gasteiger partial charge in [0, 0.05) is 17.9 Å². The van der Waals surface area contributed by atoms with Crippen LogP contribution in [0.3, 0.4) is 0 Å². The molecule has 1 aromatic heterocycles. The van der Waals surface area contributed by atoms with E-state index in [4.69, 9.17) is 0 Å². The summed E-state index contributed by atoms with van der Waals surface area (Å²) in [5, 5.41) is 12.1. The summed E-state index contributed by atoms with van der Waals surface area (Å²) in [5.41, 5.74) is -0.676. The van der Waals surface area contributed by atoms with Crippen molar-refractivity contribution in [3.8, 4) is 0 Å². The average molecular weight is 278 g/mol. The fourth-order valence-electron chi connectivity index (χ4n) is 2.61. The number of carboxylic acids is 1. The summed E-state index contributed by atoms with van der Waals surface area (Å²) >= 11 is 0. The van der Waals surface area contributed by atoms with E-state index in [0.29, 0.717) is 18.4 Å². The first-order valence-corrected chi connectivity index (χ1v) is 6.99. The van der Waals surface area contributed by atoms with Gasteiger partial charge in [0.15, 0.2) is 0 Å². The van der Waals surface area contributed by atoms with E-state index in [-0.39, 0.29) is 11.4 Å². The highest BCUT2D eigenvalue weighted by Crippen LogP contribution is 2.30. The van der Waals surface area contributed by atoms with Crippen LogP contribution in [0.2, 0.25) is 0 Å². The standard InChI is InChI=1S/C15H22N2O3/c1-14(2,3)17-9-6-11(10-17)12(18)16-15(13(19)20)7-4-5-8-15/h6,9-10H,4-5,7-8H2,1-3H3,(H,16,18)(H,19,20). The second-order valence-corrected chi connectivity index (χ2v) is 6.53. The van der Waals surface area contributed by atoms with E-state index in [1.54, 1.807) is 12.3 Å². The van der Waals surface area contributed by atoms with Crippen molar-refractivity contribution in [3.63, 3.8) is 0 Å². The topological polar surface area (TPSA) is 71.3 Å². The number of rotatable bonds is 3. The first-order valence-electron chi connectivity index (χ1n) is 6.99. The van der Waals surface area contributed by atoms with Gasteiger partial charge in [-0.15, -0.1) is 0 Å². The number of carbonyl (C=O) groups is 2. The van der Waals surface area contributed by atoms with Crippen molar-refractivity contribution in [2.45, 2.75) is 57.5 Å². The number of nitrogens with one attached hydrogen (secondary N) is 1. The Morgan fingerprint density at radius 1 is 1.30 bits per heavy atom. The molecule has 5 heteroatoms. The minimum Gasteiger partial charge on any atom is -0.480 e. The Labute approximate surface area is 119 Å². The molecular formula is C15H22N2O3. The Morgan fingerprint density at radius 2 is 1.90 bits per heavy atom. The van der Waals surface area contributed by atoms with Gasteiger partial charge in [-0.2, -0.15) is 0 Å². The Bertz CT molecular complexity index is 519. The molecule has 0 saturated heterocycles. The van der Waals surface area contributed by atoms with Crippen molar-refractivity contribution in [2.75, 3.05) is 0 Å². The van der Waals surface area contributed by atoms with E-state index in [9.17, 15) is 14.7 Å². The van der Waals surface area contributed by atoms with Gasteiger partial charge in [0.2, 0.25) is 0 Å². The summed E-state index contributed by atoms with van der Waals surface area (Å²) < 4.78 is 1.95. The number of hydrogen-bond acceptors (Lipinski definition) is 2. The highest BCUT2D eigenvalue weighted by Gasteiger charge is 2.42. The van der Waals surface area contributed by atoms with Crippen LogP contribution in [0.1, 0.15) is 56.8 Å². The molecule has 1 amide bonds. The maximum absolute atomic E-state index is 12.3. The van der Waals surface area contributed by atoms with Crippen LogP contribution in [-0.2, 0) is 10.3 Å². The number of nitrogens with zero attached hydrogens (tertiary/aromatic N) is 1. The molecule has 1 saturated carbocycles. The van der Waals surface area contributed by atoms with E-state index in [1.807, 2.05) is 31.5 Å². The van der Waals surface area contributed by atoms with E-state index in [2.05, 4.69) is 5.32 Å². The third kappa shape index (κ3) is 2.71. The molecule has 0 aromatic carbocycles. The van der Waals surface area contributed by atoms with Crippen molar-refractivity contribution >= 4 is 11.9 Å². The Morgan fingerprint density at radius 3 is 2.35 bits per heavy atom. The average Bonchev–Trinajstić information content (AvgIpc) is 2.96. The maximum atomic E-state index is 12.3. The molecule has 0 bridgehead atoms. The number of carboxylic acid groups (broad SMARTS) is 1. The summed E-state index contributed by atoms with van der Waals surface area (Å²) in [5.74, 6) is -1.24. The van der Waals surface area contributed by atoms with E-state index in [0.717, 1.165) is 12.8 Å². The monoisotopic (exact) mass is 278 g/mol. The lowest BCUT2D eigenvalue weighted by molar-refractivity contribution is -0.144. The first kappa shape index (κ1) is 14.6. The molecule has 1 aromatic rings. The van der Waals surface area contributed by atoms with Gasteiger partial charge in [-0.3, -0.25) is 4.79 Å².